The van der Waals surface area contributed by atoms with Crippen LogP contribution in [0, 0.1) is 17.3 Å². The highest BCUT2D eigenvalue weighted by Crippen LogP contribution is 2.38. The first-order chi connectivity index (χ1) is 24.9. The second kappa shape index (κ2) is 16.7. The Kier molecular flexibility index (Phi) is 12.3. The topological polar surface area (TPSA) is 164 Å². The van der Waals surface area contributed by atoms with Crippen LogP contribution in [-0.4, -0.2) is 104 Å². The number of nitrogens with one attached hydrogen (secondary N) is 1. The van der Waals surface area contributed by atoms with E-state index in [9.17, 15) is 28.2 Å². The maximum Gasteiger partial charge on any atom is 0.407 e. The van der Waals surface area contributed by atoms with Gasteiger partial charge in [0.05, 0.1) is 36.3 Å². The van der Waals surface area contributed by atoms with E-state index in [2.05, 4.69) is 5.32 Å². The van der Waals surface area contributed by atoms with E-state index in [4.69, 9.17) is 18.9 Å². The fraction of sp³-hybridized carbons (Fsp3) is 0.632. The van der Waals surface area contributed by atoms with E-state index in [1.165, 1.54) is 21.3 Å². The van der Waals surface area contributed by atoms with Crippen LogP contribution in [0.2, 0.25) is 0 Å². The Balaban J connectivity index is 1.22. The van der Waals surface area contributed by atoms with Gasteiger partial charge in [0.15, 0.2) is 17.8 Å². The standard InChI is InChI=1S/C38H53N3O10S/c1-38(2,17-7-4-8-18-39-35(43)27-12-9-13-27)24-40(52(46,47)28-14-15-33-34(21-28)51-25-50-33)22-32(42)30(20-26-10-5-3-6-11-26)41(37(44)45)31-23-49-36-29(31)16-19-48-36/h3,5-6,10-11,14-15,21,27,29-32,36,42H,4,7-9,12-13,16-20,22-25H2,1-2H3,(H,39,43)(H,44,45)/t29-,30-,31-,32+,36+/m0/s1. The third-order valence-corrected chi connectivity index (χ3v) is 12.8. The number of amides is 2. The number of carboxylic acid groups (broad SMARTS) is 1. The minimum atomic E-state index is -4.21. The van der Waals surface area contributed by atoms with Crippen molar-refractivity contribution in [3.63, 3.8) is 0 Å². The zero-order valence-electron chi connectivity index (χ0n) is 30.2. The minimum Gasteiger partial charge on any atom is -0.465 e. The second-order valence-electron chi connectivity index (χ2n) is 15.3. The number of aliphatic hydroxyl groups excluding tert-OH is 1. The highest BCUT2D eigenvalue weighted by atomic mass is 32.2. The lowest BCUT2D eigenvalue weighted by atomic mass is 9.85. The summed E-state index contributed by atoms with van der Waals surface area (Å²) >= 11 is 0. The monoisotopic (exact) mass is 743 g/mol. The molecule has 3 aliphatic heterocycles. The maximum absolute atomic E-state index is 14.5. The molecular weight excluding hydrogens is 690 g/mol. The Morgan fingerprint density at radius 2 is 1.77 bits per heavy atom. The van der Waals surface area contributed by atoms with Gasteiger partial charge in [-0.1, -0.05) is 63.4 Å². The number of carbonyl (C=O) groups excluding carboxylic acids is 1. The van der Waals surface area contributed by atoms with Gasteiger partial charge in [0.1, 0.15) is 0 Å². The van der Waals surface area contributed by atoms with Crippen molar-refractivity contribution in [1.82, 2.24) is 14.5 Å². The van der Waals surface area contributed by atoms with Gasteiger partial charge in [0.25, 0.3) is 0 Å². The molecule has 2 amide bonds. The van der Waals surface area contributed by atoms with Gasteiger partial charge < -0.3 is 34.5 Å². The molecule has 2 saturated heterocycles. The van der Waals surface area contributed by atoms with Gasteiger partial charge >= 0.3 is 6.09 Å². The number of benzene rings is 2. The molecule has 6 rings (SSSR count). The number of sulfonamides is 1. The van der Waals surface area contributed by atoms with Crippen LogP contribution in [-0.2, 0) is 30.7 Å². The van der Waals surface area contributed by atoms with Gasteiger partial charge in [0, 0.05) is 37.5 Å². The largest absolute Gasteiger partial charge is 0.465 e. The molecule has 5 atom stereocenters. The lowest BCUT2D eigenvalue weighted by molar-refractivity contribution is -0.127. The molecule has 0 spiro atoms. The number of nitrogens with zero attached hydrogens (tertiary/aromatic N) is 2. The van der Waals surface area contributed by atoms with Crippen LogP contribution in [0.5, 0.6) is 11.5 Å². The Labute approximate surface area is 306 Å². The number of unbranched alkanes of at least 4 members (excludes halogenated alkanes) is 2. The summed E-state index contributed by atoms with van der Waals surface area (Å²) in [5.74, 6) is 0.863. The number of carbonyl (C=O) groups is 2. The summed E-state index contributed by atoms with van der Waals surface area (Å²) in [5.41, 5.74) is 0.304. The van der Waals surface area contributed by atoms with Crippen LogP contribution < -0.4 is 14.8 Å². The maximum atomic E-state index is 14.5. The van der Waals surface area contributed by atoms with Crippen molar-refractivity contribution >= 4 is 22.0 Å². The predicted molar refractivity (Wildman–Crippen MR) is 191 cm³/mol. The SMILES string of the molecule is CC(C)(CCCCCNC(=O)C1CCC1)CN(C[C@@H](O)[C@H](Cc1ccccc1)N(C(=O)O)[C@H]1CO[C@H]2OCC[C@H]21)S(=O)(=O)c1ccc2c(c1)OCO2. The van der Waals surface area contributed by atoms with Gasteiger partial charge in [-0.15, -0.1) is 0 Å². The Morgan fingerprint density at radius 1 is 1.00 bits per heavy atom. The van der Waals surface area contributed by atoms with Gasteiger partial charge in [-0.05, 0) is 61.6 Å². The molecule has 2 aromatic carbocycles. The van der Waals surface area contributed by atoms with Crippen molar-refractivity contribution in [3.8, 4) is 11.5 Å². The van der Waals surface area contributed by atoms with E-state index >= 15 is 0 Å². The average Bonchev–Trinajstić information content (AvgIpc) is 3.84. The molecule has 0 bridgehead atoms. The Hall–Kier alpha value is -3.43. The van der Waals surface area contributed by atoms with Crippen LogP contribution in [0.3, 0.4) is 0 Å². The van der Waals surface area contributed by atoms with Crippen LogP contribution in [0.1, 0.15) is 70.8 Å². The molecule has 0 radical (unpaired) electrons. The zero-order chi connectivity index (χ0) is 36.9. The highest BCUT2D eigenvalue weighted by Gasteiger charge is 2.49. The lowest BCUT2D eigenvalue weighted by Gasteiger charge is -2.40. The quantitative estimate of drug-likeness (QED) is 0.184. The van der Waals surface area contributed by atoms with Crippen molar-refractivity contribution in [2.75, 3.05) is 39.6 Å². The number of fused-ring (bicyclic) bond motifs is 2. The van der Waals surface area contributed by atoms with Gasteiger partial charge in [-0.2, -0.15) is 4.31 Å². The molecule has 1 aliphatic carbocycles. The first-order valence-corrected chi connectivity index (χ1v) is 20.0. The number of rotatable bonds is 18. The normalized spacial score (nSPS) is 22.5. The molecule has 52 heavy (non-hydrogen) atoms. The third-order valence-electron chi connectivity index (χ3n) is 11.0. The van der Waals surface area contributed by atoms with Gasteiger partial charge in [-0.3, -0.25) is 9.69 Å². The fourth-order valence-corrected chi connectivity index (χ4v) is 9.45. The summed E-state index contributed by atoms with van der Waals surface area (Å²) in [5, 5.41) is 25.8. The highest BCUT2D eigenvalue weighted by molar-refractivity contribution is 7.89. The molecular formula is C38H53N3O10S. The first kappa shape index (κ1) is 38.3. The minimum absolute atomic E-state index is 0.00760. The third kappa shape index (κ3) is 9.02. The molecule has 13 nitrogen and oxygen atoms in total. The van der Waals surface area contributed by atoms with Crippen molar-refractivity contribution in [1.29, 1.82) is 0 Å². The van der Waals surface area contributed by atoms with Crippen LogP contribution >= 0.6 is 0 Å². The van der Waals surface area contributed by atoms with E-state index in [1.807, 2.05) is 44.2 Å². The van der Waals surface area contributed by atoms with E-state index in [-0.39, 0.29) is 55.5 Å². The summed E-state index contributed by atoms with van der Waals surface area (Å²) in [6.45, 7) is 4.93. The van der Waals surface area contributed by atoms with Gasteiger partial charge in [0.2, 0.25) is 22.7 Å². The van der Waals surface area contributed by atoms with Crippen molar-refractivity contribution in [2.24, 2.45) is 17.3 Å². The predicted octanol–water partition coefficient (Wildman–Crippen LogP) is 4.62. The summed E-state index contributed by atoms with van der Waals surface area (Å²) < 4.78 is 52.8. The number of hydrogen-bond acceptors (Lipinski definition) is 9. The molecule has 4 aliphatic rings. The summed E-state index contributed by atoms with van der Waals surface area (Å²) in [4.78, 5) is 26.5. The van der Waals surface area contributed by atoms with Crippen molar-refractivity contribution < 1.29 is 47.2 Å². The summed E-state index contributed by atoms with van der Waals surface area (Å²) in [6, 6.07) is 12.2. The molecule has 0 aromatic heterocycles. The van der Waals surface area contributed by atoms with Crippen molar-refractivity contribution in [2.45, 2.75) is 101 Å². The second-order valence-corrected chi connectivity index (χ2v) is 17.3. The number of ether oxygens (including phenoxy) is 4. The van der Waals surface area contributed by atoms with Crippen LogP contribution in [0.25, 0.3) is 0 Å². The average molecular weight is 744 g/mol. The molecule has 1 saturated carbocycles. The molecule has 286 valence electrons. The van der Waals surface area contributed by atoms with Crippen LogP contribution in [0.4, 0.5) is 4.79 Å². The molecule has 2 aromatic rings. The van der Waals surface area contributed by atoms with E-state index in [1.54, 1.807) is 6.07 Å². The molecule has 0 unspecified atom stereocenters. The summed E-state index contributed by atoms with van der Waals surface area (Å²) in [7, 11) is -4.21. The van der Waals surface area contributed by atoms with Crippen molar-refractivity contribution in [3.05, 3.63) is 54.1 Å². The summed E-state index contributed by atoms with van der Waals surface area (Å²) in [6.07, 6.45) is 3.94. The lowest BCUT2D eigenvalue weighted by Crippen LogP contribution is -2.58. The zero-order valence-corrected chi connectivity index (χ0v) is 31.0. The van der Waals surface area contributed by atoms with Gasteiger partial charge in [-0.25, -0.2) is 13.2 Å². The fourth-order valence-electron chi connectivity index (χ4n) is 7.79. The molecule has 14 heteroatoms. The van der Waals surface area contributed by atoms with E-state index in [0.29, 0.717) is 37.5 Å². The first-order valence-electron chi connectivity index (χ1n) is 18.6. The Morgan fingerprint density at radius 3 is 2.50 bits per heavy atom. The molecule has 3 fully saturated rings. The van der Waals surface area contributed by atoms with E-state index < -0.39 is 46.0 Å². The Bertz CT molecular complexity index is 1640. The number of hydrogen-bond donors (Lipinski definition) is 3. The number of aliphatic hydroxyl groups is 1. The molecule has 3 N–H and O–H groups in total. The smallest absolute Gasteiger partial charge is 0.407 e. The van der Waals surface area contributed by atoms with Crippen LogP contribution in [0.15, 0.2) is 53.4 Å². The van der Waals surface area contributed by atoms with E-state index in [0.717, 1.165) is 44.1 Å². The molecule has 3 heterocycles.